The van der Waals surface area contributed by atoms with Crippen molar-refractivity contribution in [2.45, 2.75) is 6.92 Å². The molecule has 3 aromatic rings. The molecule has 0 atom stereocenters. The summed E-state index contributed by atoms with van der Waals surface area (Å²) >= 11 is 0. The Kier molecular flexibility index (Phi) is 2.87. The fraction of sp³-hybridized carbons (Fsp3) is 0.0667. The Labute approximate surface area is 116 Å². The number of pyridine rings is 1. The van der Waals surface area contributed by atoms with Crippen LogP contribution in [0.4, 0.5) is 0 Å². The number of aromatic nitrogens is 2. The SMILES string of the molecule is Cc1ccc(-c2cn3cc(/C(N)=N/O)ccc3n2)cc1. The highest BCUT2D eigenvalue weighted by atomic mass is 16.4. The predicted molar refractivity (Wildman–Crippen MR) is 77.9 cm³/mol. The third-order valence-electron chi connectivity index (χ3n) is 3.20. The van der Waals surface area contributed by atoms with E-state index in [4.69, 9.17) is 10.9 Å². The second-order valence-corrected chi connectivity index (χ2v) is 4.66. The monoisotopic (exact) mass is 266 g/mol. The van der Waals surface area contributed by atoms with E-state index in [1.54, 1.807) is 12.3 Å². The van der Waals surface area contributed by atoms with E-state index in [1.807, 2.05) is 28.8 Å². The first-order chi connectivity index (χ1) is 9.67. The van der Waals surface area contributed by atoms with Gasteiger partial charge in [0.2, 0.25) is 0 Å². The summed E-state index contributed by atoms with van der Waals surface area (Å²) in [5.74, 6) is 0.0810. The number of aryl methyl sites for hydroxylation is 1. The van der Waals surface area contributed by atoms with Crippen molar-refractivity contribution in [2.24, 2.45) is 10.9 Å². The van der Waals surface area contributed by atoms with Gasteiger partial charge in [-0.2, -0.15) is 0 Å². The first-order valence-electron chi connectivity index (χ1n) is 6.21. The van der Waals surface area contributed by atoms with Gasteiger partial charge < -0.3 is 15.3 Å². The van der Waals surface area contributed by atoms with Crippen LogP contribution in [0.25, 0.3) is 16.9 Å². The summed E-state index contributed by atoms with van der Waals surface area (Å²) in [5, 5.41) is 11.7. The molecule has 5 nitrogen and oxygen atoms in total. The van der Waals surface area contributed by atoms with Crippen LogP contribution < -0.4 is 5.73 Å². The largest absolute Gasteiger partial charge is 0.409 e. The van der Waals surface area contributed by atoms with Gasteiger partial charge in [-0.3, -0.25) is 0 Å². The molecule has 0 unspecified atom stereocenters. The standard InChI is InChI=1S/C15H14N4O/c1-10-2-4-11(5-3-10)13-9-19-8-12(15(16)18-20)6-7-14(19)17-13/h2-9,20H,1H3,(H2,16,18). The second-order valence-electron chi connectivity index (χ2n) is 4.66. The summed E-state index contributed by atoms with van der Waals surface area (Å²) in [7, 11) is 0. The molecule has 3 N–H and O–H groups in total. The Morgan fingerprint density at radius 2 is 1.90 bits per heavy atom. The molecule has 0 aliphatic rings. The minimum atomic E-state index is 0.0810. The Bertz CT molecular complexity index is 787. The number of rotatable bonds is 2. The number of oxime groups is 1. The third-order valence-corrected chi connectivity index (χ3v) is 3.20. The van der Waals surface area contributed by atoms with E-state index in [0.717, 1.165) is 16.9 Å². The van der Waals surface area contributed by atoms with Gasteiger partial charge in [-0.05, 0) is 19.1 Å². The highest BCUT2D eigenvalue weighted by Crippen LogP contribution is 2.20. The summed E-state index contributed by atoms with van der Waals surface area (Å²) in [6, 6.07) is 11.8. The summed E-state index contributed by atoms with van der Waals surface area (Å²) in [4.78, 5) is 4.56. The van der Waals surface area contributed by atoms with Crippen molar-refractivity contribution in [3.8, 4) is 11.3 Å². The second kappa shape index (κ2) is 4.70. The molecule has 0 bridgehead atoms. The Morgan fingerprint density at radius 1 is 1.15 bits per heavy atom. The Balaban J connectivity index is 2.08. The lowest BCUT2D eigenvalue weighted by Crippen LogP contribution is -2.13. The molecular weight excluding hydrogens is 252 g/mol. The number of hydrogen-bond acceptors (Lipinski definition) is 3. The molecule has 1 aromatic carbocycles. The van der Waals surface area contributed by atoms with E-state index in [2.05, 4.69) is 29.2 Å². The number of nitrogens with zero attached hydrogens (tertiary/aromatic N) is 3. The summed E-state index contributed by atoms with van der Waals surface area (Å²) in [5.41, 5.74) is 10.2. The van der Waals surface area contributed by atoms with Crippen LogP contribution in [0.5, 0.6) is 0 Å². The minimum Gasteiger partial charge on any atom is -0.409 e. The molecular formula is C15H14N4O. The molecule has 0 fully saturated rings. The fourth-order valence-electron chi connectivity index (χ4n) is 2.06. The first-order valence-corrected chi connectivity index (χ1v) is 6.21. The van der Waals surface area contributed by atoms with E-state index in [0.29, 0.717) is 5.56 Å². The maximum atomic E-state index is 8.71. The fourth-order valence-corrected chi connectivity index (χ4v) is 2.06. The number of nitrogens with two attached hydrogens (primary N) is 1. The van der Waals surface area contributed by atoms with Crippen LogP contribution in [0, 0.1) is 6.92 Å². The molecule has 2 aromatic heterocycles. The molecule has 0 radical (unpaired) electrons. The minimum absolute atomic E-state index is 0.0810. The van der Waals surface area contributed by atoms with Crippen molar-refractivity contribution < 1.29 is 5.21 Å². The van der Waals surface area contributed by atoms with Gasteiger partial charge in [0.1, 0.15) is 5.65 Å². The average Bonchev–Trinajstić information content (AvgIpc) is 2.90. The maximum Gasteiger partial charge on any atom is 0.171 e. The highest BCUT2D eigenvalue weighted by molar-refractivity contribution is 5.97. The zero-order valence-corrected chi connectivity index (χ0v) is 11.0. The van der Waals surface area contributed by atoms with Gasteiger partial charge in [0.15, 0.2) is 5.84 Å². The normalized spacial score (nSPS) is 11.9. The van der Waals surface area contributed by atoms with E-state index >= 15 is 0 Å². The first kappa shape index (κ1) is 12.2. The van der Waals surface area contributed by atoms with Gasteiger partial charge >= 0.3 is 0 Å². The molecule has 20 heavy (non-hydrogen) atoms. The van der Waals surface area contributed by atoms with Crippen LogP contribution in [0.3, 0.4) is 0 Å². The molecule has 5 heteroatoms. The molecule has 0 aliphatic carbocycles. The van der Waals surface area contributed by atoms with Crippen molar-refractivity contribution in [3.63, 3.8) is 0 Å². The van der Waals surface area contributed by atoms with Crippen molar-refractivity contribution >= 4 is 11.5 Å². The van der Waals surface area contributed by atoms with Crippen LogP contribution in [-0.2, 0) is 0 Å². The third kappa shape index (κ3) is 2.09. The molecule has 0 aliphatic heterocycles. The van der Waals surface area contributed by atoms with Gasteiger partial charge in [-0.25, -0.2) is 4.98 Å². The number of imidazole rings is 1. The highest BCUT2D eigenvalue weighted by Gasteiger charge is 2.06. The number of fused-ring (bicyclic) bond motifs is 1. The molecule has 2 heterocycles. The molecule has 0 saturated heterocycles. The Morgan fingerprint density at radius 3 is 2.60 bits per heavy atom. The quantitative estimate of drug-likeness (QED) is 0.323. The zero-order valence-electron chi connectivity index (χ0n) is 11.0. The van der Waals surface area contributed by atoms with Crippen molar-refractivity contribution in [2.75, 3.05) is 0 Å². The lowest BCUT2D eigenvalue weighted by molar-refractivity contribution is 0.318. The van der Waals surface area contributed by atoms with Crippen LogP contribution in [0.2, 0.25) is 0 Å². The average molecular weight is 266 g/mol. The van der Waals surface area contributed by atoms with Crippen LogP contribution in [0.15, 0.2) is 53.9 Å². The summed E-state index contributed by atoms with van der Waals surface area (Å²) < 4.78 is 1.86. The lowest BCUT2D eigenvalue weighted by Gasteiger charge is -1.98. The van der Waals surface area contributed by atoms with Crippen LogP contribution in [-0.4, -0.2) is 20.4 Å². The van der Waals surface area contributed by atoms with Crippen LogP contribution in [0.1, 0.15) is 11.1 Å². The number of benzene rings is 1. The van der Waals surface area contributed by atoms with Crippen LogP contribution >= 0.6 is 0 Å². The topological polar surface area (TPSA) is 75.9 Å². The maximum absolute atomic E-state index is 8.71. The van der Waals surface area contributed by atoms with Crippen molar-refractivity contribution in [3.05, 3.63) is 59.9 Å². The smallest absolute Gasteiger partial charge is 0.171 e. The van der Waals surface area contributed by atoms with E-state index < -0.39 is 0 Å². The number of hydrogen-bond donors (Lipinski definition) is 2. The van der Waals surface area contributed by atoms with Gasteiger partial charge in [0.05, 0.1) is 5.69 Å². The predicted octanol–water partition coefficient (Wildman–Crippen LogP) is 2.40. The summed E-state index contributed by atoms with van der Waals surface area (Å²) in [6.07, 6.45) is 3.71. The van der Waals surface area contributed by atoms with Gasteiger partial charge in [0, 0.05) is 23.5 Å². The van der Waals surface area contributed by atoms with E-state index in [-0.39, 0.29) is 5.84 Å². The van der Waals surface area contributed by atoms with Crippen molar-refractivity contribution in [1.29, 1.82) is 0 Å². The van der Waals surface area contributed by atoms with E-state index in [9.17, 15) is 0 Å². The molecule has 100 valence electrons. The van der Waals surface area contributed by atoms with Gasteiger partial charge in [-0.15, -0.1) is 0 Å². The molecule has 3 rings (SSSR count). The van der Waals surface area contributed by atoms with Gasteiger partial charge in [-0.1, -0.05) is 35.0 Å². The van der Waals surface area contributed by atoms with E-state index in [1.165, 1.54) is 5.56 Å². The molecule has 0 spiro atoms. The zero-order chi connectivity index (χ0) is 14.1. The molecule has 0 saturated carbocycles. The lowest BCUT2D eigenvalue weighted by atomic mass is 10.1. The number of amidine groups is 1. The summed E-state index contributed by atoms with van der Waals surface area (Å²) in [6.45, 7) is 2.05. The molecule has 0 amide bonds. The van der Waals surface area contributed by atoms with Gasteiger partial charge in [0.25, 0.3) is 0 Å². The Hall–Kier alpha value is -2.82. The van der Waals surface area contributed by atoms with Crippen molar-refractivity contribution in [1.82, 2.24) is 9.38 Å².